The summed E-state index contributed by atoms with van der Waals surface area (Å²) in [5, 5.41) is 3.57. The Balaban J connectivity index is 0.00000144. The molecule has 0 unspecified atom stereocenters. The normalized spacial score (nSPS) is 11.4. The first-order valence-electron chi connectivity index (χ1n) is 12.9. The Hall–Kier alpha value is -5.27. The zero-order valence-corrected chi connectivity index (χ0v) is 22.9. The second-order valence-corrected chi connectivity index (χ2v) is 9.67. The number of benzene rings is 4. The second kappa shape index (κ2) is 9.68. The van der Waals surface area contributed by atoms with Crippen LogP contribution in [0, 0.1) is 0 Å². The molecule has 0 atom stereocenters. The third kappa shape index (κ3) is 3.74. The van der Waals surface area contributed by atoms with Crippen LogP contribution in [0.15, 0.2) is 97.1 Å². The van der Waals surface area contributed by atoms with Crippen LogP contribution in [-0.4, -0.2) is 35.4 Å². The van der Waals surface area contributed by atoms with Gasteiger partial charge in [0, 0.05) is 44.8 Å². The molecule has 42 heavy (non-hydrogen) atoms. The topological polar surface area (TPSA) is 136 Å². The smallest absolute Gasteiger partial charge is 0.870 e. The molecule has 0 amide bonds. The molecule has 0 radical (unpaired) electrons. The van der Waals surface area contributed by atoms with E-state index in [1.807, 2.05) is 97.1 Å². The van der Waals surface area contributed by atoms with Crippen molar-refractivity contribution in [1.82, 2.24) is 39.9 Å². The molecular formula is C32H17CrN8O-. The predicted molar refractivity (Wildman–Crippen MR) is 156 cm³/mol. The Labute approximate surface area is 248 Å². The van der Waals surface area contributed by atoms with Crippen LogP contribution in [0.5, 0.6) is 0 Å². The maximum absolute atomic E-state index is 4.95. The van der Waals surface area contributed by atoms with Gasteiger partial charge in [-0.05, 0) is 21.5 Å². The van der Waals surface area contributed by atoms with Crippen molar-refractivity contribution in [2.75, 3.05) is 0 Å². The first-order valence-corrected chi connectivity index (χ1v) is 12.9. The Morgan fingerprint density at radius 3 is 0.833 bits per heavy atom. The number of rotatable bonds is 0. The molecule has 0 fully saturated rings. The second-order valence-electron chi connectivity index (χ2n) is 9.67. The molecular weight excluding hydrogens is 564 g/mol. The van der Waals surface area contributed by atoms with Crippen LogP contribution in [0.2, 0.25) is 0 Å². The third-order valence-corrected chi connectivity index (χ3v) is 7.33. The maximum atomic E-state index is 4.95. The molecule has 5 heterocycles. The van der Waals surface area contributed by atoms with Crippen LogP contribution >= 0.6 is 0 Å². The standard InChI is InChI=1S/C32H16N8.Cr.H2O/c1-2-10-18-17(9-1)25-33-26(18)38-28-21-13-5-6-14-22(21)30(35-28)40-32-24-16-8-7-15-23(24)31(36-32)39-29-20-12-4-3-11-19(20)27(34-29)37-25;;/h1-16H;;1H2/q-2;+2;/p-1. The van der Waals surface area contributed by atoms with Crippen LogP contribution in [0.25, 0.3) is 89.7 Å². The Morgan fingerprint density at radius 1 is 0.333 bits per heavy atom. The van der Waals surface area contributed by atoms with Crippen LogP contribution in [0.3, 0.4) is 0 Å². The average Bonchev–Trinajstić information content (AvgIpc) is 3.73. The van der Waals surface area contributed by atoms with Gasteiger partial charge in [-0.25, -0.2) is 9.97 Å². The van der Waals surface area contributed by atoms with Gasteiger partial charge in [-0.15, -0.1) is 0 Å². The zero-order valence-electron chi connectivity index (χ0n) is 21.7. The van der Waals surface area contributed by atoms with Crippen LogP contribution in [0.1, 0.15) is 0 Å². The van der Waals surface area contributed by atoms with Gasteiger partial charge >= 0.3 is 17.4 Å². The zero-order chi connectivity index (χ0) is 26.2. The van der Waals surface area contributed by atoms with Crippen molar-refractivity contribution in [2.24, 2.45) is 0 Å². The van der Waals surface area contributed by atoms with Gasteiger partial charge in [0.15, 0.2) is 0 Å². The van der Waals surface area contributed by atoms with Gasteiger partial charge in [0.1, 0.15) is 0 Å². The van der Waals surface area contributed by atoms with Crippen LogP contribution in [0.4, 0.5) is 0 Å². The SMILES string of the molecule is [Cr+2].[OH-].c1ccc2c(c1)-c1nc-2nc2[n-]c(nc3nc(nc4[n-]c(n1)c1ccccc41)-c1ccccc1-3)c1ccccc21. The van der Waals surface area contributed by atoms with Crippen molar-refractivity contribution in [3.8, 4) is 45.6 Å². The van der Waals surface area contributed by atoms with Crippen LogP contribution in [-0.2, 0) is 17.4 Å². The minimum Gasteiger partial charge on any atom is -0.870 e. The molecule has 8 bridgehead atoms. The van der Waals surface area contributed by atoms with E-state index in [1.165, 1.54) is 0 Å². The molecule has 2 aliphatic rings. The minimum absolute atomic E-state index is 0. The van der Waals surface area contributed by atoms with Gasteiger partial charge in [-0.2, -0.15) is 0 Å². The molecule has 7 aromatic rings. The average molecular weight is 582 g/mol. The molecule has 10 heteroatoms. The molecule has 9 rings (SSSR count). The van der Waals surface area contributed by atoms with E-state index in [2.05, 4.69) is 0 Å². The van der Waals surface area contributed by atoms with Gasteiger partial charge in [0.25, 0.3) is 0 Å². The molecule has 3 aromatic heterocycles. The number of hydrogen-bond donors (Lipinski definition) is 0. The summed E-state index contributed by atoms with van der Waals surface area (Å²) in [6, 6.07) is 31.8. The molecule has 4 aromatic carbocycles. The van der Waals surface area contributed by atoms with Gasteiger partial charge in [0.05, 0.1) is 23.3 Å². The summed E-state index contributed by atoms with van der Waals surface area (Å²) in [6.07, 6.45) is 0. The van der Waals surface area contributed by atoms with Crippen LogP contribution < -0.4 is 9.97 Å². The van der Waals surface area contributed by atoms with E-state index in [9.17, 15) is 0 Å². The molecule has 198 valence electrons. The van der Waals surface area contributed by atoms with Gasteiger partial charge in [-0.3, -0.25) is 0 Å². The quantitative estimate of drug-likeness (QED) is 0.213. The number of nitrogens with zero attached hydrogens (tertiary/aromatic N) is 8. The van der Waals surface area contributed by atoms with E-state index in [-0.39, 0.29) is 22.8 Å². The third-order valence-electron chi connectivity index (χ3n) is 7.33. The summed E-state index contributed by atoms with van der Waals surface area (Å²) in [5.41, 5.74) is 5.78. The fourth-order valence-corrected chi connectivity index (χ4v) is 5.46. The van der Waals surface area contributed by atoms with Gasteiger partial charge < -0.3 is 35.4 Å². The number of fused-ring (bicyclic) bond motifs is 20. The van der Waals surface area contributed by atoms with Crippen molar-refractivity contribution in [3.05, 3.63) is 97.1 Å². The molecule has 1 N–H and O–H groups in total. The molecule has 0 saturated carbocycles. The number of aromatic nitrogens is 8. The summed E-state index contributed by atoms with van der Waals surface area (Å²) >= 11 is 0. The van der Waals surface area contributed by atoms with E-state index in [0.717, 1.165) is 43.8 Å². The van der Waals surface area contributed by atoms with Gasteiger partial charge in [-0.1, -0.05) is 97.1 Å². The van der Waals surface area contributed by atoms with Crippen molar-refractivity contribution in [2.45, 2.75) is 0 Å². The molecule has 0 saturated heterocycles. The fraction of sp³-hybridized carbons (Fsp3) is 0. The summed E-state index contributed by atoms with van der Waals surface area (Å²) in [5.74, 6) is 2.21. The van der Waals surface area contributed by atoms with E-state index >= 15 is 0 Å². The van der Waals surface area contributed by atoms with Crippen molar-refractivity contribution in [1.29, 1.82) is 0 Å². The summed E-state index contributed by atoms with van der Waals surface area (Å²) < 4.78 is 0. The Morgan fingerprint density at radius 2 is 0.571 bits per heavy atom. The monoisotopic (exact) mass is 581 g/mol. The Kier molecular flexibility index (Phi) is 5.92. The van der Waals surface area contributed by atoms with E-state index in [4.69, 9.17) is 39.9 Å². The van der Waals surface area contributed by atoms with Crippen molar-refractivity contribution >= 4 is 44.1 Å². The fourth-order valence-electron chi connectivity index (χ4n) is 5.46. The first kappa shape index (κ1) is 25.7. The van der Waals surface area contributed by atoms with E-state index in [1.54, 1.807) is 0 Å². The largest absolute Gasteiger partial charge is 2.00 e. The Bertz CT molecular complexity index is 2040. The molecule has 9 nitrogen and oxygen atoms in total. The van der Waals surface area contributed by atoms with E-state index in [0.29, 0.717) is 45.9 Å². The number of hydrogen-bond acceptors (Lipinski definition) is 7. The summed E-state index contributed by atoms with van der Waals surface area (Å²) in [7, 11) is 0. The molecule has 0 spiro atoms. The van der Waals surface area contributed by atoms with Crippen molar-refractivity contribution < 1.29 is 22.8 Å². The summed E-state index contributed by atoms with van der Waals surface area (Å²) in [6.45, 7) is 0. The minimum atomic E-state index is 0. The first-order chi connectivity index (χ1) is 19.8. The molecule has 0 aliphatic carbocycles. The van der Waals surface area contributed by atoms with Gasteiger partial charge in [0.2, 0.25) is 0 Å². The molecule has 2 aliphatic heterocycles. The van der Waals surface area contributed by atoms with E-state index < -0.39 is 0 Å². The van der Waals surface area contributed by atoms with Crippen molar-refractivity contribution in [3.63, 3.8) is 0 Å². The maximum Gasteiger partial charge on any atom is 2.00 e. The predicted octanol–water partition coefficient (Wildman–Crippen LogP) is 5.95. The summed E-state index contributed by atoms with van der Waals surface area (Å²) in [4.78, 5) is 39.3.